The standard InChI is InChI=1S/C12H15NO5/c1-12(5-14,6-15)13-11(16)8-2-3-9-10(4-8)18-7-17-9/h2-4,14-15H,5-7H2,1H3,(H,13,16). The van der Waals surface area contributed by atoms with Crippen LogP contribution < -0.4 is 14.8 Å². The van der Waals surface area contributed by atoms with Crippen molar-refractivity contribution >= 4 is 5.91 Å². The number of carbonyl (C=O) groups is 1. The van der Waals surface area contributed by atoms with Crippen LogP contribution in [-0.2, 0) is 0 Å². The summed E-state index contributed by atoms with van der Waals surface area (Å²) in [6.07, 6.45) is 0. The van der Waals surface area contributed by atoms with Gasteiger partial charge in [-0.3, -0.25) is 4.79 Å². The predicted molar refractivity (Wildman–Crippen MR) is 62.6 cm³/mol. The summed E-state index contributed by atoms with van der Waals surface area (Å²) < 4.78 is 10.3. The van der Waals surface area contributed by atoms with Crippen molar-refractivity contribution < 1.29 is 24.5 Å². The molecule has 1 amide bonds. The number of hydrogen-bond donors (Lipinski definition) is 3. The summed E-state index contributed by atoms with van der Waals surface area (Å²) in [6, 6.07) is 4.80. The fraction of sp³-hybridized carbons (Fsp3) is 0.417. The zero-order valence-corrected chi connectivity index (χ0v) is 9.97. The van der Waals surface area contributed by atoms with Crippen LogP contribution in [0.15, 0.2) is 18.2 Å². The van der Waals surface area contributed by atoms with Crippen LogP contribution in [-0.4, -0.2) is 41.7 Å². The van der Waals surface area contributed by atoms with Gasteiger partial charge in [0.1, 0.15) is 0 Å². The van der Waals surface area contributed by atoms with E-state index in [1.54, 1.807) is 25.1 Å². The lowest BCUT2D eigenvalue weighted by Crippen LogP contribution is -2.51. The lowest BCUT2D eigenvalue weighted by molar-refractivity contribution is 0.0723. The Bertz CT molecular complexity index is 456. The first-order valence-corrected chi connectivity index (χ1v) is 5.52. The molecule has 0 radical (unpaired) electrons. The molecule has 1 aliphatic rings. The Kier molecular flexibility index (Phi) is 3.40. The molecule has 1 heterocycles. The van der Waals surface area contributed by atoms with Gasteiger partial charge in [0.05, 0.1) is 18.8 Å². The summed E-state index contributed by atoms with van der Waals surface area (Å²) in [6.45, 7) is 1.00. The van der Waals surface area contributed by atoms with Gasteiger partial charge in [0.15, 0.2) is 11.5 Å². The molecule has 2 rings (SSSR count). The van der Waals surface area contributed by atoms with Crippen molar-refractivity contribution in [3.05, 3.63) is 23.8 Å². The highest BCUT2D eigenvalue weighted by atomic mass is 16.7. The van der Waals surface area contributed by atoms with Gasteiger partial charge in [-0.25, -0.2) is 0 Å². The molecule has 0 aliphatic carbocycles. The maximum atomic E-state index is 11.9. The number of aliphatic hydroxyl groups is 2. The monoisotopic (exact) mass is 253 g/mol. The van der Waals surface area contributed by atoms with Gasteiger partial charge in [0.2, 0.25) is 6.79 Å². The Morgan fingerprint density at radius 1 is 1.33 bits per heavy atom. The summed E-state index contributed by atoms with van der Waals surface area (Å²) >= 11 is 0. The van der Waals surface area contributed by atoms with E-state index in [4.69, 9.17) is 19.7 Å². The van der Waals surface area contributed by atoms with Crippen molar-refractivity contribution in [1.82, 2.24) is 5.32 Å². The minimum absolute atomic E-state index is 0.144. The first kappa shape index (κ1) is 12.7. The minimum Gasteiger partial charge on any atom is -0.454 e. The number of fused-ring (bicyclic) bond motifs is 1. The summed E-state index contributed by atoms with van der Waals surface area (Å²) in [7, 11) is 0. The second-order valence-electron chi connectivity index (χ2n) is 4.40. The van der Waals surface area contributed by atoms with Crippen LogP contribution in [0.5, 0.6) is 11.5 Å². The molecule has 0 fully saturated rings. The van der Waals surface area contributed by atoms with Crippen LogP contribution in [0.3, 0.4) is 0 Å². The van der Waals surface area contributed by atoms with Gasteiger partial charge >= 0.3 is 0 Å². The molecule has 3 N–H and O–H groups in total. The van der Waals surface area contributed by atoms with Crippen molar-refractivity contribution in [2.75, 3.05) is 20.0 Å². The molecule has 1 aromatic carbocycles. The number of ether oxygens (including phenoxy) is 2. The molecule has 0 bridgehead atoms. The molecule has 0 atom stereocenters. The number of aliphatic hydroxyl groups excluding tert-OH is 2. The Hall–Kier alpha value is -1.79. The van der Waals surface area contributed by atoms with Crippen LogP contribution >= 0.6 is 0 Å². The summed E-state index contributed by atoms with van der Waals surface area (Å²) in [4.78, 5) is 11.9. The highest BCUT2D eigenvalue weighted by Gasteiger charge is 2.26. The third-order valence-corrected chi connectivity index (χ3v) is 2.75. The fourth-order valence-corrected chi connectivity index (χ4v) is 1.51. The predicted octanol–water partition coefficient (Wildman–Crippen LogP) is -0.112. The first-order chi connectivity index (χ1) is 8.58. The highest BCUT2D eigenvalue weighted by Crippen LogP contribution is 2.32. The van der Waals surface area contributed by atoms with Crippen molar-refractivity contribution in [3.63, 3.8) is 0 Å². The molecule has 0 unspecified atom stereocenters. The van der Waals surface area contributed by atoms with Gasteiger partial charge in [0, 0.05) is 5.56 Å². The minimum atomic E-state index is -1.05. The first-order valence-electron chi connectivity index (χ1n) is 5.52. The molecule has 6 heteroatoms. The molecular weight excluding hydrogens is 238 g/mol. The van der Waals surface area contributed by atoms with E-state index < -0.39 is 5.54 Å². The zero-order chi connectivity index (χ0) is 13.2. The Labute approximate surface area is 104 Å². The van der Waals surface area contributed by atoms with Crippen LogP contribution in [0.25, 0.3) is 0 Å². The van der Waals surface area contributed by atoms with Gasteiger partial charge in [0.25, 0.3) is 5.91 Å². The van der Waals surface area contributed by atoms with E-state index in [0.29, 0.717) is 17.1 Å². The topological polar surface area (TPSA) is 88.0 Å². The average molecular weight is 253 g/mol. The van der Waals surface area contributed by atoms with Crippen molar-refractivity contribution in [2.45, 2.75) is 12.5 Å². The Morgan fingerprint density at radius 3 is 2.67 bits per heavy atom. The third kappa shape index (κ3) is 2.39. The van der Waals surface area contributed by atoms with Crippen LogP contribution in [0, 0.1) is 0 Å². The average Bonchev–Trinajstić information content (AvgIpc) is 2.85. The van der Waals surface area contributed by atoms with E-state index in [1.807, 2.05) is 0 Å². The molecule has 0 spiro atoms. The van der Waals surface area contributed by atoms with Crippen molar-refractivity contribution in [1.29, 1.82) is 0 Å². The smallest absolute Gasteiger partial charge is 0.252 e. The molecule has 0 saturated heterocycles. The van der Waals surface area contributed by atoms with Crippen molar-refractivity contribution in [2.24, 2.45) is 0 Å². The van der Waals surface area contributed by atoms with Crippen LogP contribution in [0.4, 0.5) is 0 Å². The molecule has 1 aromatic rings. The van der Waals surface area contributed by atoms with Gasteiger partial charge in [-0.05, 0) is 25.1 Å². The number of amides is 1. The normalized spacial score (nSPS) is 13.5. The number of hydrogen-bond acceptors (Lipinski definition) is 5. The Balaban J connectivity index is 2.14. The molecule has 1 aliphatic heterocycles. The van der Waals surface area contributed by atoms with Gasteiger partial charge in [-0.15, -0.1) is 0 Å². The van der Waals surface area contributed by atoms with E-state index in [1.165, 1.54) is 0 Å². The molecule has 18 heavy (non-hydrogen) atoms. The fourth-order valence-electron chi connectivity index (χ4n) is 1.51. The van der Waals surface area contributed by atoms with Crippen LogP contribution in [0.1, 0.15) is 17.3 Å². The van der Waals surface area contributed by atoms with Crippen molar-refractivity contribution in [3.8, 4) is 11.5 Å². The number of rotatable bonds is 4. The summed E-state index contributed by atoms with van der Waals surface area (Å²) in [5, 5.41) is 20.8. The SMILES string of the molecule is CC(CO)(CO)NC(=O)c1ccc2c(c1)OCO2. The molecule has 0 saturated carbocycles. The van der Waals surface area contributed by atoms with E-state index in [-0.39, 0.29) is 25.9 Å². The number of carbonyl (C=O) groups excluding carboxylic acids is 1. The maximum Gasteiger partial charge on any atom is 0.252 e. The second-order valence-corrected chi connectivity index (χ2v) is 4.40. The summed E-state index contributed by atoms with van der Waals surface area (Å²) in [5.74, 6) is 0.717. The number of nitrogens with one attached hydrogen (secondary N) is 1. The van der Waals surface area contributed by atoms with Gasteiger partial charge < -0.3 is 25.0 Å². The van der Waals surface area contributed by atoms with Crippen LogP contribution in [0.2, 0.25) is 0 Å². The molecule has 0 aromatic heterocycles. The zero-order valence-electron chi connectivity index (χ0n) is 9.97. The van der Waals surface area contributed by atoms with E-state index in [2.05, 4.69) is 5.32 Å². The molecule has 98 valence electrons. The second kappa shape index (κ2) is 4.83. The quantitative estimate of drug-likeness (QED) is 0.696. The van der Waals surface area contributed by atoms with Gasteiger partial charge in [-0.1, -0.05) is 0 Å². The van der Waals surface area contributed by atoms with E-state index in [0.717, 1.165) is 0 Å². The highest BCUT2D eigenvalue weighted by molar-refractivity contribution is 5.95. The molecular formula is C12H15NO5. The number of benzene rings is 1. The maximum absolute atomic E-state index is 11.9. The Morgan fingerprint density at radius 2 is 2.00 bits per heavy atom. The third-order valence-electron chi connectivity index (χ3n) is 2.75. The van der Waals surface area contributed by atoms with Gasteiger partial charge in [-0.2, -0.15) is 0 Å². The van der Waals surface area contributed by atoms with E-state index >= 15 is 0 Å². The summed E-state index contributed by atoms with van der Waals surface area (Å²) in [5.41, 5.74) is -0.666. The molecule has 6 nitrogen and oxygen atoms in total. The van der Waals surface area contributed by atoms with E-state index in [9.17, 15) is 4.79 Å². The largest absolute Gasteiger partial charge is 0.454 e. The lowest BCUT2D eigenvalue weighted by Gasteiger charge is -2.26. The lowest BCUT2D eigenvalue weighted by atomic mass is 10.0.